The molecule has 0 bridgehead atoms. The summed E-state index contributed by atoms with van der Waals surface area (Å²) >= 11 is 6.00. The first kappa shape index (κ1) is 27.1. The summed E-state index contributed by atoms with van der Waals surface area (Å²) in [5.74, 6) is 0. The zero-order valence-corrected chi connectivity index (χ0v) is 21.6. The van der Waals surface area contributed by atoms with E-state index in [0.717, 1.165) is 12.1 Å². The number of hydrogen-bond acceptors (Lipinski definition) is 5. The lowest BCUT2D eigenvalue weighted by atomic mass is 9.97. The number of ether oxygens (including phenoxy) is 2. The minimum absolute atomic E-state index is 0.291. The molecule has 2 aliphatic rings. The van der Waals surface area contributed by atoms with Gasteiger partial charge in [-0.1, -0.05) is 23.7 Å². The molecule has 0 saturated carbocycles. The van der Waals surface area contributed by atoms with Gasteiger partial charge in [0.2, 0.25) is 0 Å². The fourth-order valence-corrected chi connectivity index (χ4v) is 4.62. The van der Waals surface area contributed by atoms with Crippen molar-refractivity contribution in [2.24, 2.45) is 0 Å². The van der Waals surface area contributed by atoms with E-state index < -0.39 is 41.7 Å². The first-order valence-corrected chi connectivity index (χ1v) is 12.3. The zero-order valence-electron chi connectivity index (χ0n) is 20.8. The lowest BCUT2D eigenvalue weighted by Gasteiger charge is -2.37. The summed E-state index contributed by atoms with van der Waals surface area (Å²) in [6.07, 6.45) is -6.31. The molecular formula is C26H29ClF3N3O4. The van der Waals surface area contributed by atoms with Crippen LogP contribution in [-0.4, -0.2) is 66.4 Å². The van der Waals surface area contributed by atoms with Gasteiger partial charge < -0.3 is 14.4 Å². The van der Waals surface area contributed by atoms with E-state index in [2.05, 4.69) is 0 Å². The van der Waals surface area contributed by atoms with Crippen molar-refractivity contribution in [3.05, 3.63) is 64.7 Å². The molecule has 0 aromatic heterocycles. The monoisotopic (exact) mass is 539 g/mol. The number of carbonyl (C=O) groups excluding carboxylic acids is 2. The molecule has 7 nitrogen and oxygen atoms in total. The average molecular weight is 540 g/mol. The Balaban J connectivity index is 1.56. The van der Waals surface area contributed by atoms with E-state index in [1.807, 2.05) is 4.90 Å². The Morgan fingerprint density at radius 1 is 1.05 bits per heavy atom. The Hall–Kier alpha value is -2.98. The second-order valence-electron chi connectivity index (χ2n) is 10.1. The Morgan fingerprint density at radius 3 is 2.30 bits per heavy atom. The summed E-state index contributed by atoms with van der Waals surface area (Å²) in [5.41, 5.74) is -0.623. The van der Waals surface area contributed by atoms with E-state index in [-0.39, 0.29) is 0 Å². The normalized spacial score (nSPS) is 21.2. The van der Waals surface area contributed by atoms with Gasteiger partial charge in [-0.05, 0) is 62.7 Å². The van der Waals surface area contributed by atoms with Crippen LogP contribution in [0.1, 0.15) is 37.9 Å². The lowest BCUT2D eigenvalue weighted by Crippen LogP contribution is -2.52. The van der Waals surface area contributed by atoms with Crippen molar-refractivity contribution in [2.45, 2.75) is 44.7 Å². The van der Waals surface area contributed by atoms with Gasteiger partial charge >= 0.3 is 18.4 Å². The maximum absolute atomic E-state index is 13.5. The van der Waals surface area contributed by atoms with Crippen LogP contribution in [0, 0.1) is 0 Å². The number of amides is 2. The van der Waals surface area contributed by atoms with Crippen LogP contribution < -0.4 is 4.90 Å². The van der Waals surface area contributed by atoms with E-state index in [0.29, 0.717) is 49.0 Å². The highest BCUT2D eigenvalue weighted by Gasteiger charge is 2.45. The fourth-order valence-electron chi connectivity index (χ4n) is 4.49. The van der Waals surface area contributed by atoms with Gasteiger partial charge in [0.25, 0.3) is 0 Å². The van der Waals surface area contributed by atoms with Crippen molar-refractivity contribution < 1.29 is 32.2 Å². The summed E-state index contributed by atoms with van der Waals surface area (Å²) in [7, 11) is 0. The van der Waals surface area contributed by atoms with E-state index in [4.69, 9.17) is 21.1 Å². The van der Waals surface area contributed by atoms with E-state index in [9.17, 15) is 22.8 Å². The maximum Gasteiger partial charge on any atom is 0.416 e. The van der Waals surface area contributed by atoms with Gasteiger partial charge in [0.15, 0.2) is 0 Å². The second kappa shape index (κ2) is 10.4. The Bertz CT molecular complexity index is 1130. The van der Waals surface area contributed by atoms with Gasteiger partial charge in [-0.2, -0.15) is 13.2 Å². The summed E-state index contributed by atoms with van der Waals surface area (Å²) in [6.45, 7) is 7.54. The molecule has 2 aromatic rings. The molecular weight excluding hydrogens is 511 g/mol. The second-order valence-corrected chi connectivity index (χ2v) is 10.5. The summed E-state index contributed by atoms with van der Waals surface area (Å²) in [5, 5.41) is 0.464. The number of alkyl halides is 3. The van der Waals surface area contributed by atoms with Crippen LogP contribution in [-0.2, 0) is 15.7 Å². The molecule has 2 saturated heterocycles. The van der Waals surface area contributed by atoms with Gasteiger partial charge in [-0.3, -0.25) is 9.80 Å². The van der Waals surface area contributed by atoms with Crippen molar-refractivity contribution >= 4 is 29.5 Å². The van der Waals surface area contributed by atoms with Crippen LogP contribution in [0.25, 0.3) is 0 Å². The Labute approximate surface area is 218 Å². The number of hydrogen-bond donors (Lipinski definition) is 0. The first-order valence-electron chi connectivity index (χ1n) is 11.9. The summed E-state index contributed by atoms with van der Waals surface area (Å²) in [6, 6.07) is 10.6. The van der Waals surface area contributed by atoms with Gasteiger partial charge in [-0.25, -0.2) is 9.59 Å². The smallest absolute Gasteiger partial charge is 0.416 e. The molecule has 0 aliphatic carbocycles. The molecule has 200 valence electrons. The van der Waals surface area contributed by atoms with Crippen molar-refractivity contribution in [2.75, 3.05) is 37.6 Å². The number of halogens is 4. The number of anilines is 1. The van der Waals surface area contributed by atoms with Gasteiger partial charge in [0.1, 0.15) is 17.7 Å². The Kier molecular flexibility index (Phi) is 7.62. The van der Waals surface area contributed by atoms with Gasteiger partial charge in [0, 0.05) is 43.4 Å². The van der Waals surface area contributed by atoms with Crippen molar-refractivity contribution in [3.63, 3.8) is 0 Å². The van der Waals surface area contributed by atoms with E-state index >= 15 is 0 Å². The van der Waals surface area contributed by atoms with Crippen LogP contribution in [0.5, 0.6) is 0 Å². The number of benzene rings is 2. The number of carbonyl (C=O) groups is 2. The average Bonchev–Trinajstić information content (AvgIpc) is 3.14. The van der Waals surface area contributed by atoms with Crippen LogP contribution >= 0.6 is 11.6 Å². The fraction of sp³-hybridized carbons (Fsp3) is 0.462. The standard InChI is InChI=1S/C26H29ClF3N3O4/c1-25(2,3)37-23(34)32-13-11-31(12-14-32)16-21-22(17-5-4-6-18(15-17)26(28,29)30)33(24(35)36-21)20-9-7-19(27)8-10-20/h4-10,15,21-22H,11-14,16H2,1-3H3/t21-,22-/m0/s1. The van der Waals surface area contributed by atoms with Crippen molar-refractivity contribution in [1.82, 2.24) is 9.80 Å². The first-order chi connectivity index (χ1) is 17.3. The van der Waals surface area contributed by atoms with Crippen LogP contribution in [0.15, 0.2) is 48.5 Å². The third-order valence-electron chi connectivity index (χ3n) is 6.20. The molecule has 2 atom stereocenters. The van der Waals surface area contributed by atoms with Gasteiger partial charge in [-0.15, -0.1) is 0 Å². The molecule has 37 heavy (non-hydrogen) atoms. The highest BCUT2D eigenvalue weighted by molar-refractivity contribution is 6.30. The highest BCUT2D eigenvalue weighted by Crippen LogP contribution is 2.40. The topological polar surface area (TPSA) is 62.3 Å². The molecule has 0 N–H and O–H groups in total. The molecule has 0 radical (unpaired) electrons. The van der Waals surface area contributed by atoms with Crippen molar-refractivity contribution in [3.8, 4) is 0 Å². The predicted octanol–water partition coefficient (Wildman–Crippen LogP) is 5.98. The largest absolute Gasteiger partial charge is 0.444 e. The summed E-state index contributed by atoms with van der Waals surface area (Å²) < 4.78 is 51.6. The molecule has 2 amide bonds. The predicted molar refractivity (Wildman–Crippen MR) is 133 cm³/mol. The van der Waals surface area contributed by atoms with Crippen LogP contribution in [0.2, 0.25) is 5.02 Å². The van der Waals surface area contributed by atoms with Crippen LogP contribution in [0.4, 0.5) is 28.4 Å². The lowest BCUT2D eigenvalue weighted by molar-refractivity contribution is -0.137. The highest BCUT2D eigenvalue weighted by atomic mass is 35.5. The number of nitrogens with zero attached hydrogens (tertiary/aromatic N) is 3. The molecule has 0 unspecified atom stereocenters. The molecule has 2 fully saturated rings. The summed E-state index contributed by atoms with van der Waals surface area (Å²) in [4.78, 5) is 30.4. The third kappa shape index (κ3) is 6.48. The molecule has 2 heterocycles. The van der Waals surface area contributed by atoms with E-state index in [1.54, 1.807) is 56.0 Å². The molecule has 2 aliphatic heterocycles. The zero-order chi connectivity index (χ0) is 27.0. The van der Waals surface area contributed by atoms with Gasteiger partial charge in [0.05, 0.1) is 5.56 Å². The minimum atomic E-state index is -4.53. The SMILES string of the molecule is CC(C)(C)OC(=O)N1CCN(C[C@@H]2OC(=O)N(c3ccc(Cl)cc3)[C@H]2c2cccc(C(F)(F)F)c2)CC1. The third-order valence-corrected chi connectivity index (χ3v) is 6.45. The molecule has 11 heteroatoms. The van der Waals surface area contributed by atoms with Crippen molar-refractivity contribution in [1.29, 1.82) is 0 Å². The molecule has 4 rings (SSSR count). The van der Waals surface area contributed by atoms with E-state index in [1.165, 1.54) is 11.0 Å². The minimum Gasteiger partial charge on any atom is -0.444 e. The quantitative estimate of drug-likeness (QED) is 0.478. The number of rotatable bonds is 4. The number of cyclic esters (lactones) is 1. The number of piperazine rings is 1. The van der Waals surface area contributed by atoms with Crippen LogP contribution in [0.3, 0.4) is 0 Å². The Morgan fingerprint density at radius 2 is 1.70 bits per heavy atom. The molecule has 2 aromatic carbocycles. The maximum atomic E-state index is 13.5. The molecule has 0 spiro atoms.